The molecule has 0 radical (unpaired) electrons. The van der Waals surface area contributed by atoms with Gasteiger partial charge in [-0.1, -0.05) is 6.08 Å². The summed E-state index contributed by atoms with van der Waals surface area (Å²) in [4.78, 5) is 13.0. The van der Waals surface area contributed by atoms with Gasteiger partial charge in [0.25, 0.3) is 0 Å². The van der Waals surface area contributed by atoms with Crippen molar-refractivity contribution in [2.75, 3.05) is 6.54 Å². The number of aliphatic imine (C=N–C) groups is 1. The van der Waals surface area contributed by atoms with Gasteiger partial charge in [-0.25, -0.2) is 9.79 Å². The fourth-order valence-electron chi connectivity index (χ4n) is 0.677. The largest absolute Gasteiger partial charge is 0.450 e. The second-order valence-electron chi connectivity index (χ2n) is 1.98. The molecule has 4 heteroatoms. The lowest BCUT2D eigenvalue weighted by atomic mass is 10.4. The van der Waals surface area contributed by atoms with Crippen LogP contribution in [0.5, 0.6) is 0 Å². The van der Waals surface area contributed by atoms with E-state index in [2.05, 4.69) is 20.9 Å². The number of halogens is 1. The highest BCUT2D eigenvalue weighted by Gasteiger charge is 1.92. The first kappa shape index (κ1) is 8.97. The minimum atomic E-state index is 0.335. The minimum Gasteiger partial charge on any atom is -0.450 e. The average molecular weight is 228 g/mol. The molecule has 0 amide bonds. The molecule has 0 saturated heterocycles. The van der Waals surface area contributed by atoms with Gasteiger partial charge < -0.3 is 4.42 Å². The van der Waals surface area contributed by atoms with Crippen LogP contribution >= 0.6 is 15.9 Å². The number of rotatable bonds is 3. The van der Waals surface area contributed by atoms with Crippen LogP contribution in [0, 0.1) is 0 Å². The van der Waals surface area contributed by atoms with E-state index in [1.165, 1.54) is 6.08 Å². The number of hydrogen-bond acceptors (Lipinski definition) is 3. The summed E-state index contributed by atoms with van der Waals surface area (Å²) >= 11 is 3.17. The Balaban J connectivity index is 2.51. The summed E-state index contributed by atoms with van der Waals surface area (Å²) in [7, 11) is 0. The summed E-state index contributed by atoms with van der Waals surface area (Å²) in [6.45, 7) is 0.335. The van der Waals surface area contributed by atoms with Crippen molar-refractivity contribution in [3.63, 3.8) is 0 Å². The van der Waals surface area contributed by atoms with E-state index < -0.39 is 0 Å². The third-order valence-electron chi connectivity index (χ3n) is 1.14. The van der Waals surface area contributed by atoms with Crippen molar-refractivity contribution in [3.8, 4) is 0 Å². The van der Waals surface area contributed by atoms with Gasteiger partial charge in [-0.05, 0) is 34.1 Å². The summed E-state index contributed by atoms with van der Waals surface area (Å²) in [5.74, 6) is 0.725. The Labute approximate surface area is 77.9 Å². The molecule has 0 N–H and O–H groups in total. The van der Waals surface area contributed by atoms with E-state index in [4.69, 9.17) is 4.42 Å². The molecule has 0 spiro atoms. The predicted molar refractivity (Wildman–Crippen MR) is 48.4 cm³/mol. The van der Waals surface area contributed by atoms with E-state index in [0.29, 0.717) is 11.2 Å². The first-order valence-electron chi connectivity index (χ1n) is 3.28. The zero-order valence-electron chi connectivity index (χ0n) is 6.16. The van der Waals surface area contributed by atoms with Crippen LogP contribution in [0.3, 0.4) is 0 Å². The standard InChI is InChI=1S/C8H6BrNO2/c9-8-4-3-7(12-8)2-1-5-10-6-11/h1-4H,5H2/b2-1-. The van der Waals surface area contributed by atoms with Gasteiger partial charge in [0.1, 0.15) is 5.76 Å². The first-order valence-corrected chi connectivity index (χ1v) is 4.08. The number of hydrogen-bond donors (Lipinski definition) is 0. The Morgan fingerprint density at radius 1 is 1.67 bits per heavy atom. The number of isocyanates is 1. The molecule has 0 aliphatic carbocycles. The highest BCUT2D eigenvalue weighted by Crippen LogP contribution is 2.14. The van der Waals surface area contributed by atoms with Crippen molar-refractivity contribution < 1.29 is 9.21 Å². The predicted octanol–water partition coefficient (Wildman–Crippen LogP) is 2.39. The van der Waals surface area contributed by atoms with Gasteiger partial charge in [-0.2, -0.15) is 0 Å². The average Bonchev–Trinajstić information content (AvgIpc) is 2.45. The second-order valence-corrected chi connectivity index (χ2v) is 2.76. The maximum atomic E-state index is 9.66. The van der Waals surface area contributed by atoms with Crippen LogP contribution in [0.2, 0.25) is 0 Å². The smallest absolute Gasteiger partial charge is 0.235 e. The van der Waals surface area contributed by atoms with Gasteiger partial charge in [0.15, 0.2) is 4.67 Å². The van der Waals surface area contributed by atoms with Crippen LogP contribution in [0.15, 0.2) is 32.3 Å². The monoisotopic (exact) mass is 227 g/mol. The lowest BCUT2D eigenvalue weighted by Crippen LogP contribution is -1.68. The lowest BCUT2D eigenvalue weighted by molar-refractivity contribution is 0.531. The number of nitrogens with zero attached hydrogens (tertiary/aromatic N) is 1. The summed E-state index contributed by atoms with van der Waals surface area (Å²) in [5, 5.41) is 0. The van der Waals surface area contributed by atoms with Gasteiger partial charge >= 0.3 is 0 Å². The first-order chi connectivity index (χ1) is 5.83. The maximum absolute atomic E-state index is 9.66. The van der Waals surface area contributed by atoms with E-state index in [1.54, 1.807) is 18.2 Å². The zero-order valence-corrected chi connectivity index (χ0v) is 7.74. The molecule has 0 unspecified atom stereocenters. The molecule has 1 rings (SSSR count). The van der Waals surface area contributed by atoms with Gasteiger partial charge in [0.2, 0.25) is 6.08 Å². The normalized spacial score (nSPS) is 10.1. The van der Waals surface area contributed by atoms with Gasteiger partial charge in [0, 0.05) is 0 Å². The quantitative estimate of drug-likeness (QED) is 0.588. The molecule has 0 fully saturated rings. The maximum Gasteiger partial charge on any atom is 0.235 e. The zero-order chi connectivity index (χ0) is 8.81. The molecule has 1 heterocycles. The summed E-state index contributed by atoms with van der Waals surface area (Å²) in [6, 6.07) is 3.61. The Hall–Kier alpha value is -1.12. The highest BCUT2D eigenvalue weighted by molar-refractivity contribution is 9.10. The third-order valence-corrected chi connectivity index (χ3v) is 1.56. The van der Waals surface area contributed by atoms with Crippen molar-refractivity contribution in [2.45, 2.75) is 0 Å². The van der Waals surface area contributed by atoms with E-state index >= 15 is 0 Å². The Morgan fingerprint density at radius 3 is 3.08 bits per heavy atom. The Kier molecular flexibility index (Phi) is 3.51. The number of furan rings is 1. The fraction of sp³-hybridized carbons (Fsp3) is 0.125. The molecule has 0 aliphatic rings. The molecule has 0 bridgehead atoms. The van der Waals surface area contributed by atoms with Crippen LogP contribution in [-0.2, 0) is 4.79 Å². The molecule has 1 aromatic heterocycles. The van der Waals surface area contributed by atoms with Crippen LogP contribution in [-0.4, -0.2) is 12.6 Å². The molecule has 12 heavy (non-hydrogen) atoms. The SMILES string of the molecule is O=C=NC/C=C\c1ccc(Br)o1. The topological polar surface area (TPSA) is 42.6 Å². The van der Waals surface area contributed by atoms with Crippen molar-refractivity contribution in [3.05, 3.63) is 28.6 Å². The van der Waals surface area contributed by atoms with E-state index in [1.807, 2.05) is 6.07 Å². The molecule has 1 aromatic rings. The molecular formula is C8H6BrNO2. The minimum absolute atomic E-state index is 0.335. The van der Waals surface area contributed by atoms with Crippen molar-refractivity contribution >= 4 is 28.1 Å². The summed E-state index contributed by atoms with van der Waals surface area (Å²) < 4.78 is 5.83. The lowest BCUT2D eigenvalue weighted by Gasteiger charge is -1.81. The van der Waals surface area contributed by atoms with Crippen molar-refractivity contribution in [1.29, 1.82) is 0 Å². The Bertz CT molecular complexity index is 324. The highest BCUT2D eigenvalue weighted by atomic mass is 79.9. The summed E-state index contributed by atoms with van der Waals surface area (Å²) in [5.41, 5.74) is 0. The molecule has 62 valence electrons. The van der Waals surface area contributed by atoms with Gasteiger partial charge in [0.05, 0.1) is 6.54 Å². The molecule has 0 saturated carbocycles. The van der Waals surface area contributed by atoms with Gasteiger partial charge in [-0.15, -0.1) is 0 Å². The van der Waals surface area contributed by atoms with E-state index in [-0.39, 0.29) is 0 Å². The second kappa shape index (κ2) is 4.70. The van der Waals surface area contributed by atoms with Crippen LogP contribution in [0.25, 0.3) is 6.08 Å². The summed E-state index contributed by atoms with van der Waals surface area (Å²) in [6.07, 6.45) is 4.90. The number of carbonyl (C=O) groups excluding carboxylic acids is 1. The van der Waals surface area contributed by atoms with E-state index in [0.717, 1.165) is 5.76 Å². The molecular weight excluding hydrogens is 222 g/mol. The van der Waals surface area contributed by atoms with Crippen LogP contribution < -0.4 is 0 Å². The molecule has 0 atom stereocenters. The third kappa shape index (κ3) is 2.86. The van der Waals surface area contributed by atoms with Crippen LogP contribution in [0.4, 0.5) is 0 Å². The van der Waals surface area contributed by atoms with Crippen LogP contribution in [0.1, 0.15) is 5.76 Å². The van der Waals surface area contributed by atoms with E-state index in [9.17, 15) is 4.79 Å². The molecule has 0 aliphatic heterocycles. The van der Waals surface area contributed by atoms with Crippen molar-refractivity contribution in [2.24, 2.45) is 4.99 Å². The Morgan fingerprint density at radius 2 is 2.50 bits per heavy atom. The van der Waals surface area contributed by atoms with Crippen molar-refractivity contribution in [1.82, 2.24) is 0 Å². The molecule has 0 aromatic carbocycles. The fourth-order valence-corrected chi connectivity index (χ4v) is 0.996. The van der Waals surface area contributed by atoms with Gasteiger partial charge in [-0.3, -0.25) is 0 Å². The molecule has 3 nitrogen and oxygen atoms in total.